The van der Waals surface area contributed by atoms with Crippen LogP contribution in [0.25, 0.3) is 10.8 Å². The summed E-state index contributed by atoms with van der Waals surface area (Å²) < 4.78 is 27.8. The lowest BCUT2D eigenvalue weighted by atomic mass is 10.1. The van der Waals surface area contributed by atoms with E-state index in [1.807, 2.05) is 18.2 Å². The number of hydrogen-bond acceptors (Lipinski definition) is 3. The average Bonchev–Trinajstić information content (AvgIpc) is 3.16. The maximum absolute atomic E-state index is 12.5. The average molecular weight is 290 g/mol. The van der Waals surface area contributed by atoms with Gasteiger partial charge in [0.15, 0.2) is 0 Å². The van der Waals surface area contributed by atoms with Crippen LogP contribution in [0.4, 0.5) is 5.69 Å². The molecule has 0 heterocycles. The van der Waals surface area contributed by atoms with Crippen molar-refractivity contribution in [1.29, 1.82) is 0 Å². The van der Waals surface area contributed by atoms with Crippen molar-refractivity contribution < 1.29 is 8.42 Å². The van der Waals surface area contributed by atoms with Crippen LogP contribution in [-0.4, -0.2) is 14.5 Å². The monoisotopic (exact) mass is 290 g/mol. The smallest absolute Gasteiger partial charge is 0.241 e. The molecule has 106 valence electrons. The van der Waals surface area contributed by atoms with E-state index in [9.17, 15) is 8.42 Å². The zero-order chi connectivity index (χ0) is 14.3. The van der Waals surface area contributed by atoms with Crippen molar-refractivity contribution in [2.45, 2.75) is 30.7 Å². The fourth-order valence-corrected chi connectivity index (χ4v) is 4.16. The van der Waals surface area contributed by atoms with Crippen molar-refractivity contribution in [1.82, 2.24) is 4.72 Å². The van der Waals surface area contributed by atoms with Gasteiger partial charge >= 0.3 is 0 Å². The van der Waals surface area contributed by atoms with Gasteiger partial charge in [0.2, 0.25) is 10.0 Å². The Kier molecular flexibility index (Phi) is 3.18. The molecule has 2 unspecified atom stereocenters. The number of rotatable bonds is 4. The van der Waals surface area contributed by atoms with Gasteiger partial charge in [-0.15, -0.1) is 0 Å². The molecule has 3 N–H and O–H groups in total. The summed E-state index contributed by atoms with van der Waals surface area (Å²) in [6.07, 6.45) is 1.94. The van der Waals surface area contributed by atoms with Crippen molar-refractivity contribution in [2.24, 2.45) is 5.92 Å². The quantitative estimate of drug-likeness (QED) is 0.850. The summed E-state index contributed by atoms with van der Waals surface area (Å²) in [6, 6.07) is 10.6. The molecule has 20 heavy (non-hydrogen) atoms. The first-order chi connectivity index (χ1) is 9.53. The van der Waals surface area contributed by atoms with Gasteiger partial charge in [0.1, 0.15) is 0 Å². The molecule has 2 aromatic rings. The van der Waals surface area contributed by atoms with Crippen LogP contribution < -0.4 is 10.5 Å². The second-order valence-electron chi connectivity index (χ2n) is 5.33. The second kappa shape index (κ2) is 4.75. The van der Waals surface area contributed by atoms with E-state index < -0.39 is 10.0 Å². The molecule has 0 bridgehead atoms. The van der Waals surface area contributed by atoms with Gasteiger partial charge in [-0.25, -0.2) is 13.1 Å². The molecule has 1 saturated carbocycles. The van der Waals surface area contributed by atoms with Crippen molar-refractivity contribution >= 4 is 26.5 Å². The van der Waals surface area contributed by atoms with Crippen LogP contribution in [0.1, 0.15) is 19.8 Å². The van der Waals surface area contributed by atoms with Gasteiger partial charge in [-0.05, 0) is 24.5 Å². The standard InChI is InChI=1S/C15H18N2O2S/c1-2-10-9-14(10)17-20(18,19)15-8-7-13(16)11-5-3-4-6-12(11)15/h3-8,10,14,17H,2,9,16H2,1H3. The number of fused-ring (bicyclic) bond motifs is 1. The predicted molar refractivity (Wildman–Crippen MR) is 80.9 cm³/mol. The summed E-state index contributed by atoms with van der Waals surface area (Å²) >= 11 is 0. The zero-order valence-electron chi connectivity index (χ0n) is 11.3. The largest absolute Gasteiger partial charge is 0.398 e. The molecule has 0 amide bonds. The topological polar surface area (TPSA) is 72.2 Å². The lowest BCUT2D eigenvalue weighted by Crippen LogP contribution is -2.27. The molecule has 0 aliphatic heterocycles. The van der Waals surface area contributed by atoms with E-state index in [2.05, 4.69) is 11.6 Å². The van der Waals surface area contributed by atoms with Gasteiger partial charge in [-0.1, -0.05) is 37.6 Å². The first-order valence-corrected chi connectivity index (χ1v) is 8.31. The molecule has 5 heteroatoms. The SMILES string of the molecule is CCC1CC1NS(=O)(=O)c1ccc(N)c2ccccc12. The van der Waals surface area contributed by atoms with Crippen LogP contribution in [0.3, 0.4) is 0 Å². The summed E-state index contributed by atoms with van der Waals surface area (Å²) in [5, 5.41) is 1.45. The highest BCUT2D eigenvalue weighted by Gasteiger charge is 2.38. The number of anilines is 1. The third-order valence-electron chi connectivity index (χ3n) is 3.96. The minimum absolute atomic E-state index is 0.0846. The maximum atomic E-state index is 12.5. The summed E-state index contributed by atoms with van der Waals surface area (Å²) in [5.74, 6) is 0.477. The van der Waals surface area contributed by atoms with Crippen LogP contribution in [0.5, 0.6) is 0 Å². The normalized spacial score (nSPS) is 22.1. The third kappa shape index (κ3) is 2.27. The fourth-order valence-electron chi connectivity index (χ4n) is 2.63. The van der Waals surface area contributed by atoms with Gasteiger partial charge in [0.05, 0.1) is 4.90 Å². The first-order valence-electron chi connectivity index (χ1n) is 6.82. The lowest BCUT2D eigenvalue weighted by Gasteiger charge is -2.10. The van der Waals surface area contributed by atoms with Gasteiger partial charge in [-0.3, -0.25) is 0 Å². The van der Waals surface area contributed by atoms with Crippen molar-refractivity contribution in [3.05, 3.63) is 36.4 Å². The highest BCUT2D eigenvalue weighted by molar-refractivity contribution is 7.89. The van der Waals surface area contributed by atoms with Crippen molar-refractivity contribution in [3.63, 3.8) is 0 Å². The molecule has 1 aliphatic rings. The van der Waals surface area contributed by atoms with E-state index >= 15 is 0 Å². The Labute approximate surface area is 119 Å². The molecule has 1 aliphatic carbocycles. The molecule has 2 atom stereocenters. The van der Waals surface area contributed by atoms with Crippen LogP contribution in [0.2, 0.25) is 0 Å². The Morgan fingerprint density at radius 3 is 2.55 bits per heavy atom. The number of nitrogens with two attached hydrogens (primary N) is 1. The predicted octanol–water partition coefficient (Wildman–Crippen LogP) is 2.50. The number of benzene rings is 2. The molecule has 0 radical (unpaired) electrons. The van der Waals surface area contributed by atoms with E-state index in [-0.39, 0.29) is 6.04 Å². The fraction of sp³-hybridized carbons (Fsp3) is 0.333. The van der Waals surface area contributed by atoms with Crippen molar-refractivity contribution in [2.75, 3.05) is 5.73 Å². The third-order valence-corrected chi connectivity index (χ3v) is 5.51. The molecule has 0 spiro atoms. The minimum atomic E-state index is -3.49. The van der Waals surface area contributed by atoms with Gasteiger partial charge in [0, 0.05) is 22.5 Å². The highest BCUT2D eigenvalue weighted by Crippen LogP contribution is 2.35. The van der Waals surface area contributed by atoms with Gasteiger partial charge in [0.25, 0.3) is 0 Å². The number of sulfonamides is 1. The van der Waals surface area contributed by atoms with Crippen molar-refractivity contribution in [3.8, 4) is 0 Å². The van der Waals surface area contributed by atoms with E-state index in [1.165, 1.54) is 0 Å². The Morgan fingerprint density at radius 1 is 1.20 bits per heavy atom. The van der Waals surface area contributed by atoms with Crippen LogP contribution in [0, 0.1) is 5.92 Å². The number of nitrogens with one attached hydrogen (secondary N) is 1. The van der Waals surface area contributed by atoms with E-state index in [0.29, 0.717) is 21.9 Å². The molecule has 0 saturated heterocycles. The van der Waals surface area contributed by atoms with E-state index in [4.69, 9.17) is 5.73 Å². The molecule has 2 aromatic carbocycles. The van der Waals surface area contributed by atoms with Crippen LogP contribution in [0.15, 0.2) is 41.3 Å². The van der Waals surface area contributed by atoms with E-state index in [0.717, 1.165) is 18.2 Å². The first kappa shape index (κ1) is 13.4. The van der Waals surface area contributed by atoms with Crippen LogP contribution >= 0.6 is 0 Å². The molecular weight excluding hydrogens is 272 g/mol. The highest BCUT2D eigenvalue weighted by atomic mass is 32.2. The Balaban J connectivity index is 2.04. The summed E-state index contributed by atoms with van der Waals surface area (Å²) in [6.45, 7) is 2.08. The summed E-state index contributed by atoms with van der Waals surface area (Å²) in [7, 11) is -3.49. The lowest BCUT2D eigenvalue weighted by molar-refractivity contribution is 0.577. The van der Waals surface area contributed by atoms with E-state index in [1.54, 1.807) is 18.2 Å². The molecular formula is C15H18N2O2S. The molecule has 1 fully saturated rings. The maximum Gasteiger partial charge on any atom is 0.241 e. The Morgan fingerprint density at radius 2 is 1.90 bits per heavy atom. The Hall–Kier alpha value is -1.59. The van der Waals surface area contributed by atoms with Crippen LogP contribution in [-0.2, 0) is 10.0 Å². The second-order valence-corrected chi connectivity index (χ2v) is 7.01. The zero-order valence-corrected chi connectivity index (χ0v) is 12.2. The molecule has 3 rings (SSSR count). The Bertz CT molecular complexity index is 756. The van der Waals surface area contributed by atoms with Gasteiger partial charge < -0.3 is 5.73 Å². The minimum Gasteiger partial charge on any atom is -0.398 e. The summed E-state index contributed by atoms with van der Waals surface area (Å²) in [5.41, 5.74) is 6.51. The molecule has 4 nitrogen and oxygen atoms in total. The van der Waals surface area contributed by atoms with Gasteiger partial charge in [-0.2, -0.15) is 0 Å². The summed E-state index contributed by atoms with van der Waals surface area (Å²) in [4.78, 5) is 0.309. The number of hydrogen-bond donors (Lipinski definition) is 2. The number of nitrogen functional groups attached to an aromatic ring is 1. The molecule has 0 aromatic heterocycles.